The summed E-state index contributed by atoms with van der Waals surface area (Å²) in [5, 5.41) is 0. The van der Waals surface area contributed by atoms with Gasteiger partial charge in [0.2, 0.25) is 10.0 Å². The molecule has 1 aliphatic carbocycles. The molecule has 21 heavy (non-hydrogen) atoms. The molecule has 1 saturated carbocycles. The summed E-state index contributed by atoms with van der Waals surface area (Å²) in [7, 11) is -3.54. The van der Waals surface area contributed by atoms with E-state index in [1.165, 1.54) is 25.3 Å². The molecule has 0 unspecified atom stereocenters. The van der Waals surface area contributed by atoms with E-state index in [0.717, 1.165) is 12.8 Å². The van der Waals surface area contributed by atoms with Crippen LogP contribution in [0.4, 0.5) is 5.69 Å². The minimum absolute atomic E-state index is 0.189. The van der Waals surface area contributed by atoms with Crippen LogP contribution in [-0.4, -0.2) is 27.7 Å². The molecule has 2 rings (SSSR count). The molecular weight excluding hydrogens is 356 g/mol. The van der Waals surface area contributed by atoms with Crippen LogP contribution in [0, 0.1) is 0 Å². The smallest absolute Gasteiger partial charge is 0.241 e. The zero-order chi connectivity index (χ0) is 15.3. The molecule has 3 N–H and O–H groups in total. The Morgan fingerprint density at radius 1 is 1.29 bits per heavy atom. The number of sulfonamides is 1. The number of anilines is 1. The predicted octanol–water partition coefficient (Wildman–Crippen LogP) is 2.66. The molecule has 7 heteroatoms. The van der Waals surface area contributed by atoms with Crippen LogP contribution in [0.1, 0.15) is 32.1 Å². The molecule has 0 amide bonds. The van der Waals surface area contributed by atoms with Gasteiger partial charge in [-0.15, -0.1) is 0 Å². The standard InChI is InChI=1S/C14H21BrN2O3S/c15-13-10-11(16)6-7-14(13)21(18,19)17-8-9-20-12-4-2-1-3-5-12/h6-7,10,12,17H,1-5,8-9,16H2. The molecule has 0 saturated heterocycles. The summed E-state index contributed by atoms with van der Waals surface area (Å²) >= 11 is 3.22. The van der Waals surface area contributed by atoms with Crippen molar-refractivity contribution in [2.75, 3.05) is 18.9 Å². The first kappa shape index (κ1) is 16.7. The molecule has 5 nitrogen and oxygen atoms in total. The third-order valence-corrected chi connectivity index (χ3v) is 5.98. The predicted molar refractivity (Wildman–Crippen MR) is 86.6 cm³/mol. The first-order valence-corrected chi connectivity index (χ1v) is 9.43. The fourth-order valence-corrected chi connectivity index (χ4v) is 4.55. The zero-order valence-corrected chi connectivity index (χ0v) is 14.2. The molecule has 1 fully saturated rings. The first-order chi connectivity index (χ1) is 9.99. The second-order valence-electron chi connectivity index (χ2n) is 5.22. The Hall–Kier alpha value is -0.630. The molecule has 0 radical (unpaired) electrons. The number of nitrogens with one attached hydrogen (secondary N) is 1. The molecular formula is C14H21BrN2O3S. The van der Waals surface area contributed by atoms with E-state index < -0.39 is 10.0 Å². The number of benzene rings is 1. The monoisotopic (exact) mass is 376 g/mol. The highest BCUT2D eigenvalue weighted by Crippen LogP contribution is 2.24. The lowest BCUT2D eigenvalue weighted by atomic mass is 9.98. The quantitative estimate of drug-likeness (QED) is 0.590. The van der Waals surface area contributed by atoms with Crippen LogP contribution in [0.3, 0.4) is 0 Å². The average molecular weight is 377 g/mol. The highest BCUT2D eigenvalue weighted by Gasteiger charge is 2.18. The summed E-state index contributed by atoms with van der Waals surface area (Å²) in [4.78, 5) is 0.189. The van der Waals surface area contributed by atoms with Gasteiger partial charge < -0.3 is 10.5 Å². The second-order valence-corrected chi connectivity index (χ2v) is 7.81. The Morgan fingerprint density at radius 2 is 2.00 bits per heavy atom. The number of ether oxygens (including phenoxy) is 1. The van der Waals surface area contributed by atoms with Crippen LogP contribution in [0.15, 0.2) is 27.6 Å². The van der Waals surface area contributed by atoms with Gasteiger partial charge in [0, 0.05) is 16.7 Å². The van der Waals surface area contributed by atoms with Gasteiger partial charge in [0.05, 0.1) is 17.6 Å². The van der Waals surface area contributed by atoms with Gasteiger partial charge in [-0.05, 0) is 47.0 Å². The van der Waals surface area contributed by atoms with Crippen molar-refractivity contribution in [1.82, 2.24) is 4.72 Å². The van der Waals surface area contributed by atoms with E-state index in [1.807, 2.05) is 0 Å². The third kappa shape index (κ3) is 4.95. The Labute approximate surface area is 134 Å². The number of nitrogens with two attached hydrogens (primary N) is 1. The molecule has 118 valence electrons. The topological polar surface area (TPSA) is 81.4 Å². The summed E-state index contributed by atoms with van der Waals surface area (Å²) < 4.78 is 33.1. The van der Waals surface area contributed by atoms with Gasteiger partial charge in [0.15, 0.2) is 0 Å². The van der Waals surface area contributed by atoms with Crippen molar-refractivity contribution >= 4 is 31.6 Å². The molecule has 1 aromatic rings. The van der Waals surface area contributed by atoms with Crippen LogP contribution < -0.4 is 10.5 Å². The molecule has 0 aliphatic heterocycles. The van der Waals surface area contributed by atoms with E-state index in [-0.39, 0.29) is 17.5 Å². The fraction of sp³-hybridized carbons (Fsp3) is 0.571. The largest absolute Gasteiger partial charge is 0.399 e. The van der Waals surface area contributed by atoms with Crippen LogP contribution in [-0.2, 0) is 14.8 Å². The van der Waals surface area contributed by atoms with E-state index in [2.05, 4.69) is 20.7 Å². The maximum absolute atomic E-state index is 12.2. The summed E-state index contributed by atoms with van der Waals surface area (Å²) in [5.74, 6) is 0. The molecule has 0 heterocycles. The Kier molecular flexibility index (Phi) is 6.04. The third-order valence-electron chi connectivity index (χ3n) is 3.55. The Morgan fingerprint density at radius 3 is 2.67 bits per heavy atom. The van der Waals surface area contributed by atoms with E-state index in [4.69, 9.17) is 10.5 Å². The van der Waals surface area contributed by atoms with Gasteiger partial charge in [-0.2, -0.15) is 0 Å². The molecule has 0 atom stereocenters. The average Bonchev–Trinajstić information content (AvgIpc) is 2.44. The molecule has 1 aliphatic rings. The van der Waals surface area contributed by atoms with Gasteiger partial charge in [-0.3, -0.25) is 0 Å². The lowest BCUT2D eigenvalue weighted by molar-refractivity contribution is 0.0321. The lowest BCUT2D eigenvalue weighted by Crippen LogP contribution is -2.29. The van der Waals surface area contributed by atoms with Gasteiger partial charge in [0.1, 0.15) is 0 Å². The van der Waals surface area contributed by atoms with E-state index >= 15 is 0 Å². The van der Waals surface area contributed by atoms with Crippen molar-refractivity contribution in [3.05, 3.63) is 22.7 Å². The maximum Gasteiger partial charge on any atom is 0.241 e. The fourth-order valence-electron chi connectivity index (χ4n) is 2.45. The van der Waals surface area contributed by atoms with Crippen LogP contribution in [0.25, 0.3) is 0 Å². The summed E-state index contributed by atoms with van der Waals surface area (Å²) in [5.41, 5.74) is 6.13. The normalized spacial score (nSPS) is 17.0. The van der Waals surface area contributed by atoms with Crippen molar-refractivity contribution in [3.63, 3.8) is 0 Å². The minimum Gasteiger partial charge on any atom is -0.399 e. The molecule has 0 bridgehead atoms. The maximum atomic E-state index is 12.2. The van der Waals surface area contributed by atoms with E-state index in [1.54, 1.807) is 12.1 Å². The van der Waals surface area contributed by atoms with Gasteiger partial charge >= 0.3 is 0 Å². The lowest BCUT2D eigenvalue weighted by Gasteiger charge is -2.22. The molecule has 0 aromatic heterocycles. The number of rotatable bonds is 6. The van der Waals surface area contributed by atoms with E-state index in [0.29, 0.717) is 16.8 Å². The second kappa shape index (κ2) is 7.58. The van der Waals surface area contributed by atoms with Crippen molar-refractivity contribution < 1.29 is 13.2 Å². The van der Waals surface area contributed by atoms with Crippen molar-refractivity contribution in [2.24, 2.45) is 0 Å². The highest BCUT2D eigenvalue weighted by molar-refractivity contribution is 9.10. The van der Waals surface area contributed by atoms with Gasteiger partial charge in [0.25, 0.3) is 0 Å². The zero-order valence-electron chi connectivity index (χ0n) is 11.8. The molecule has 0 spiro atoms. The van der Waals surface area contributed by atoms with Crippen molar-refractivity contribution in [1.29, 1.82) is 0 Å². The minimum atomic E-state index is -3.54. The van der Waals surface area contributed by atoms with Crippen molar-refractivity contribution in [2.45, 2.75) is 43.1 Å². The summed E-state index contributed by atoms with van der Waals surface area (Å²) in [6.45, 7) is 0.673. The van der Waals surface area contributed by atoms with E-state index in [9.17, 15) is 8.42 Å². The Balaban J connectivity index is 1.83. The SMILES string of the molecule is Nc1ccc(S(=O)(=O)NCCOC2CCCCC2)c(Br)c1. The summed E-state index contributed by atoms with van der Waals surface area (Å²) in [6.07, 6.45) is 6.12. The first-order valence-electron chi connectivity index (χ1n) is 7.15. The summed E-state index contributed by atoms with van der Waals surface area (Å²) in [6, 6.07) is 4.63. The number of hydrogen-bond donors (Lipinski definition) is 2. The highest BCUT2D eigenvalue weighted by atomic mass is 79.9. The number of nitrogen functional groups attached to an aromatic ring is 1. The number of hydrogen-bond acceptors (Lipinski definition) is 4. The van der Waals surface area contributed by atoms with Crippen LogP contribution in [0.5, 0.6) is 0 Å². The molecule has 1 aromatic carbocycles. The Bertz CT molecular complexity index is 572. The number of halogens is 1. The van der Waals surface area contributed by atoms with Gasteiger partial charge in [-0.1, -0.05) is 19.3 Å². The van der Waals surface area contributed by atoms with Crippen LogP contribution >= 0.6 is 15.9 Å². The van der Waals surface area contributed by atoms with Crippen LogP contribution in [0.2, 0.25) is 0 Å². The van der Waals surface area contributed by atoms with Gasteiger partial charge in [-0.25, -0.2) is 13.1 Å². The van der Waals surface area contributed by atoms with Crippen molar-refractivity contribution in [3.8, 4) is 0 Å².